The molecule has 0 saturated carbocycles. The van der Waals surface area contributed by atoms with E-state index in [1.54, 1.807) is 30.8 Å². The molecule has 2 nitrogen and oxygen atoms in total. The Hall–Kier alpha value is -0.626. The summed E-state index contributed by atoms with van der Waals surface area (Å²) >= 11 is 0. The maximum absolute atomic E-state index is 5.04. The summed E-state index contributed by atoms with van der Waals surface area (Å²) < 4.78 is 10.1. The molecule has 0 aliphatic carbocycles. The lowest BCUT2D eigenvalue weighted by molar-refractivity contribution is 0.574. The molecule has 35 heavy (non-hydrogen) atoms. The van der Waals surface area contributed by atoms with Crippen molar-refractivity contribution in [1.29, 1.82) is 0 Å². The number of aryl methyl sites for hydroxylation is 2. The molecule has 3 heterocycles. The van der Waals surface area contributed by atoms with Crippen LogP contribution in [0.3, 0.4) is 0 Å². The zero-order chi connectivity index (χ0) is 26.7. The summed E-state index contributed by atoms with van der Waals surface area (Å²) in [5.41, 5.74) is 8.66. The van der Waals surface area contributed by atoms with Gasteiger partial charge in [-0.25, -0.2) is 19.3 Å². The Kier molecular flexibility index (Phi) is 7.93. The van der Waals surface area contributed by atoms with Gasteiger partial charge in [0.25, 0.3) is 0 Å². The van der Waals surface area contributed by atoms with Crippen molar-refractivity contribution in [1.82, 2.24) is 9.49 Å². The molecule has 0 radical (unpaired) electrons. The zero-order valence-electron chi connectivity index (χ0n) is 24.4. The number of nitrogens with zero attached hydrogens (tertiary/aromatic N) is 2. The molecule has 0 amide bonds. The highest BCUT2D eigenvalue weighted by Crippen LogP contribution is 2.29. The minimum Gasteiger partial charge on any atom is -0.532 e. The summed E-state index contributed by atoms with van der Waals surface area (Å²) in [7, 11) is 0.164. The molecule has 0 unspecified atom stereocenters. The Morgan fingerprint density at radius 2 is 0.943 bits per heavy atom. The summed E-state index contributed by atoms with van der Waals surface area (Å²) in [6.07, 6.45) is 0. The molecule has 0 fully saturated rings. The van der Waals surface area contributed by atoms with Crippen LogP contribution in [-0.2, 0) is 10.8 Å². The second-order valence-corrected chi connectivity index (χ2v) is 26.3. The van der Waals surface area contributed by atoms with Crippen molar-refractivity contribution in [2.75, 3.05) is 0 Å². The molecular weight excluding hydrogens is 513 g/mol. The van der Waals surface area contributed by atoms with E-state index in [0.717, 1.165) is 0 Å². The first-order valence-electron chi connectivity index (χ1n) is 12.6. The molecule has 0 saturated heterocycles. The van der Waals surface area contributed by atoms with Crippen LogP contribution in [0.25, 0.3) is 0 Å². The molecule has 190 valence electrons. The quantitative estimate of drug-likeness (QED) is 0.312. The molecule has 0 atom stereocenters. The average Bonchev–Trinajstić information content (AvgIpc) is 3.02. The van der Waals surface area contributed by atoms with Gasteiger partial charge in [0.05, 0.1) is 27.5 Å². The molecule has 7 heteroatoms. The van der Waals surface area contributed by atoms with E-state index >= 15 is 0 Å². The van der Waals surface area contributed by atoms with Crippen LogP contribution < -0.4 is 19.7 Å². The largest absolute Gasteiger partial charge is 0.532 e. The Labute approximate surface area is 221 Å². The second kappa shape index (κ2) is 9.60. The molecule has 3 rings (SSSR count). The van der Waals surface area contributed by atoms with Gasteiger partial charge >= 0.3 is 0 Å². The van der Waals surface area contributed by atoms with Crippen molar-refractivity contribution in [2.45, 2.75) is 106 Å². The van der Waals surface area contributed by atoms with Gasteiger partial charge in [-0.3, -0.25) is 0 Å². The summed E-state index contributed by atoms with van der Waals surface area (Å²) in [5, 5.41) is 0. The summed E-state index contributed by atoms with van der Waals surface area (Å²) in [6.45, 7) is 33.2. The maximum atomic E-state index is 5.04. The van der Waals surface area contributed by atoms with Crippen LogP contribution in [-0.4, -0.2) is 25.6 Å². The highest BCUT2D eigenvalue weighted by molar-refractivity contribution is 7.55. The van der Waals surface area contributed by atoms with Gasteiger partial charge in [-0.1, -0.05) is 78.9 Å². The zero-order valence-corrected chi connectivity index (χ0v) is 29.1. The molecular formula is C28H44N2P3Si2-. The van der Waals surface area contributed by atoms with E-state index in [9.17, 15) is 0 Å². The van der Waals surface area contributed by atoms with E-state index < -0.39 is 16.1 Å². The topological polar surface area (TPSA) is 25.8 Å². The standard InChI is InChI=1S/C28H44N2P3Si2/c1-17-15-21(27(5,6)7)29-32-23(17)34(11,12)25-19(3)20(4)26(31-25)35(13,14)24-18(2)16-22(30-33-24)28(8,9)10/h15-16H,1-14H3/q-1. The highest BCUT2D eigenvalue weighted by atomic mass is 31.1. The summed E-state index contributed by atoms with van der Waals surface area (Å²) in [5.74, 6) is 0. The van der Waals surface area contributed by atoms with Gasteiger partial charge in [-0.15, -0.1) is 0 Å². The first kappa shape index (κ1) is 28.9. The lowest BCUT2D eigenvalue weighted by Crippen LogP contribution is -2.53. The lowest BCUT2D eigenvalue weighted by atomic mass is 9.92. The highest BCUT2D eigenvalue weighted by Gasteiger charge is 2.32. The number of hydrogen-bond donors (Lipinski definition) is 0. The average molecular weight is 558 g/mol. The van der Waals surface area contributed by atoms with E-state index in [1.807, 2.05) is 0 Å². The third kappa shape index (κ3) is 5.49. The van der Waals surface area contributed by atoms with Crippen LogP contribution in [0.15, 0.2) is 12.1 Å². The Balaban J connectivity index is 2.12. The van der Waals surface area contributed by atoms with Gasteiger partial charge in [0.15, 0.2) is 0 Å². The minimum atomic E-state index is -1.83. The van der Waals surface area contributed by atoms with E-state index in [-0.39, 0.29) is 10.8 Å². The molecule has 0 aliphatic heterocycles. The number of rotatable bonds is 4. The van der Waals surface area contributed by atoms with Crippen LogP contribution in [0.5, 0.6) is 0 Å². The summed E-state index contributed by atoms with van der Waals surface area (Å²) in [4.78, 5) is 6.56. The van der Waals surface area contributed by atoms with Gasteiger partial charge in [-0.05, 0) is 60.8 Å². The van der Waals surface area contributed by atoms with Gasteiger partial charge in [0.2, 0.25) is 0 Å². The Morgan fingerprint density at radius 3 is 1.20 bits per heavy atom. The van der Waals surface area contributed by atoms with Crippen molar-refractivity contribution in [3.8, 4) is 0 Å². The van der Waals surface area contributed by atoms with Gasteiger partial charge < -0.3 is 8.19 Å². The molecule has 0 bridgehead atoms. The van der Waals surface area contributed by atoms with Crippen LogP contribution in [0, 0.1) is 27.7 Å². The second-order valence-electron chi connectivity index (χ2n) is 13.3. The smallest absolute Gasteiger partial charge is 0.0885 e. The molecule has 0 N–H and O–H groups in total. The lowest BCUT2D eigenvalue weighted by Gasteiger charge is -2.34. The van der Waals surface area contributed by atoms with Gasteiger partial charge in [0.1, 0.15) is 0 Å². The third-order valence-corrected chi connectivity index (χ3v) is 24.5. The maximum Gasteiger partial charge on any atom is 0.0885 e. The Bertz CT molecular complexity index is 1170. The van der Waals surface area contributed by atoms with Crippen molar-refractivity contribution >= 4 is 60.7 Å². The Morgan fingerprint density at radius 1 is 0.629 bits per heavy atom. The predicted molar refractivity (Wildman–Crippen MR) is 168 cm³/mol. The van der Waals surface area contributed by atoms with Crippen LogP contribution >= 0.6 is 24.9 Å². The van der Waals surface area contributed by atoms with E-state index in [4.69, 9.17) is 9.49 Å². The third-order valence-electron chi connectivity index (χ3n) is 7.37. The molecule has 0 aliphatic rings. The van der Waals surface area contributed by atoms with Crippen LogP contribution in [0.4, 0.5) is 0 Å². The van der Waals surface area contributed by atoms with Crippen molar-refractivity contribution in [2.24, 2.45) is 0 Å². The first-order chi connectivity index (χ1) is 15.8. The van der Waals surface area contributed by atoms with Crippen molar-refractivity contribution in [3.05, 3.63) is 45.8 Å². The van der Waals surface area contributed by atoms with Crippen LogP contribution in [0.2, 0.25) is 26.2 Å². The normalized spacial score (nSPS) is 14.1. The molecule has 0 spiro atoms. The fourth-order valence-corrected chi connectivity index (χ4v) is 19.7. The summed E-state index contributed by atoms with van der Waals surface area (Å²) in [6, 6.07) is 4.72. The fraction of sp³-hybridized carbons (Fsp3) is 0.571. The number of hydrogen-bond acceptors (Lipinski definition) is 2. The molecule has 0 aromatic carbocycles. The molecule has 3 aromatic heterocycles. The fourth-order valence-electron chi connectivity index (χ4n) is 5.01. The van der Waals surface area contributed by atoms with Gasteiger partial charge in [0, 0.05) is 27.5 Å². The van der Waals surface area contributed by atoms with E-state index in [0.29, 0.717) is 0 Å². The van der Waals surface area contributed by atoms with E-state index in [1.165, 1.54) is 47.4 Å². The minimum absolute atomic E-state index is 0.102. The monoisotopic (exact) mass is 557 g/mol. The van der Waals surface area contributed by atoms with Gasteiger partial charge in [-0.2, -0.15) is 0 Å². The van der Waals surface area contributed by atoms with E-state index in [2.05, 4.69) is 108 Å². The molecule has 3 aromatic rings. The first-order valence-corrected chi connectivity index (χ1v) is 21.2. The van der Waals surface area contributed by atoms with Crippen molar-refractivity contribution in [3.63, 3.8) is 0 Å². The predicted octanol–water partition coefficient (Wildman–Crippen LogP) is 7.41. The van der Waals surface area contributed by atoms with Crippen LogP contribution in [0.1, 0.15) is 75.2 Å². The van der Waals surface area contributed by atoms with Crippen molar-refractivity contribution < 1.29 is 0 Å². The number of aromatic nitrogens is 2. The SMILES string of the molecule is Cc1cc(C(C)(C)C)npc1[Si](C)(C)c1[p-]c([Si](C)(C)c2pnc(C(C)(C)C)cc2C)c(C)c1C.